The van der Waals surface area contributed by atoms with E-state index in [0.717, 1.165) is 33.3 Å². The van der Waals surface area contributed by atoms with E-state index in [9.17, 15) is 0 Å². The van der Waals surface area contributed by atoms with E-state index in [0.29, 0.717) is 0 Å². The summed E-state index contributed by atoms with van der Waals surface area (Å²) in [7, 11) is 0. The molecule has 0 aliphatic heterocycles. The number of hydrogen-bond acceptors (Lipinski definition) is 2. The van der Waals surface area contributed by atoms with Crippen molar-refractivity contribution >= 4 is 39.0 Å². The molecule has 2 nitrogen and oxygen atoms in total. The Morgan fingerprint density at radius 2 is 1.02 bits per heavy atom. The summed E-state index contributed by atoms with van der Waals surface area (Å²) in [4.78, 5) is 2.55. The second kappa shape index (κ2) is 13.4. The lowest BCUT2D eigenvalue weighted by molar-refractivity contribution is 0.559. The highest BCUT2D eigenvalue weighted by atomic mass is 16.3. The molecule has 0 amide bonds. The fourth-order valence-electron chi connectivity index (χ4n) is 11.1. The molecule has 2 aliphatic carbocycles. The van der Waals surface area contributed by atoms with Gasteiger partial charge in [-0.2, -0.15) is 0 Å². The zero-order valence-corrected chi connectivity index (χ0v) is 37.1. The second-order valence-corrected chi connectivity index (χ2v) is 20.1. The van der Waals surface area contributed by atoms with E-state index in [1.54, 1.807) is 0 Å². The average Bonchev–Trinajstić information content (AvgIpc) is 3.88. The topological polar surface area (TPSA) is 16.4 Å². The SMILES string of the molecule is CC(C)(C)c1cc(C(C)(C)C)c2oc3cccc(N(c4cccc(C5(c6ccccc6)c6ccccc6-c6ccccc65)c4)c4cccc5c4C(C)(C)c4ccccc4-5)c3c2c1. The Morgan fingerprint density at radius 1 is 0.468 bits per heavy atom. The first kappa shape index (κ1) is 38.3. The molecule has 0 spiro atoms. The van der Waals surface area contributed by atoms with E-state index in [4.69, 9.17) is 4.42 Å². The van der Waals surface area contributed by atoms with Gasteiger partial charge in [-0.15, -0.1) is 0 Å². The number of fused-ring (bicyclic) bond motifs is 9. The maximum atomic E-state index is 7.05. The predicted octanol–water partition coefficient (Wildman–Crippen LogP) is 16.3. The standard InChI is InChI=1S/C60H53NO/c1-57(2,3)40-36-46-54-51(32-20-34-53(54)62-56(46)50(37-40)58(4,5)6)61(52-33-19-28-45-44-27-12-15-29-47(44)59(7,8)55(45)52)41-24-18-23-39(35-41)60(38-21-10-9-11-22-38)48-30-16-13-25-42(48)43-26-14-17-31-49(43)60/h9-37H,1-8H3. The van der Waals surface area contributed by atoms with Gasteiger partial charge in [-0.25, -0.2) is 0 Å². The zero-order valence-electron chi connectivity index (χ0n) is 37.1. The van der Waals surface area contributed by atoms with Crippen molar-refractivity contribution in [3.8, 4) is 22.3 Å². The third kappa shape index (κ3) is 5.42. The van der Waals surface area contributed by atoms with Gasteiger partial charge in [0, 0.05) is 22.1 Å². The first-order valence-corrected chi connectivity index (χ1v) is 22.2. The molecular weight excluding hydrogens is 751 g/mol. The van der Waals surface area contributed by atoms with Crippen molar-refractivity contribution in [2.45, 2.75) is 77.0 Å². The van der Waals surface area contributed by atoms with Crippen LogP contribution in [0.25, 0.3) is 44.2 Å². The van der Waals surface area contributed by atoms with Crippen LogP contribution < -0.4 is 4.90 Å². The highest BCUT2D eigenvalue weighted by Crippen LogP contribution is 2.59. The van der Waals surface area contributed by atoms with E-state index in [-0.39, 0.29) is 16.2 Å². The summed E-state index contributed by atoms with van der Waals surface area (Å²) >= 11 is 0. The van der Waals surface area contributed by atoms with Gasteiger partial charge in [0.05, 0.1) is 22.2 Å². The smallest absolute Gasteiger partial charge is 0.139 e. The molecule has 2 heteroatoms. The fraction of sp³-hybridized carbons (Fsp3) is 0.200. The fourth-order valence-corrected chi connectivity index (χ4v) is 11.1. The van der Waals surface area contributed by atoms with Crippen molar-refractivity contribution in [1.29, 1.82) is 0 Å². The van der Waals surface area contributed by atoms with E-state index < -0.39 is 5.41 Å². The maximum absolute atomic E-state index is 7.05. The third-order valence-corrected chi connectivity index (χ3v) is 14.0. The van der Waals surface area contributed by atoms with Crippen LogP contribution >= 0.6 is 0 Å². The molecular formula is C60H53NO. The monoisotopic (exact) mass is 803 g/mol. The first-order chi connectivity index (χ1) is 29.8. The minimum atomic E-state index is -0.540. The molecule has 8 aromatic carbocycles. The van der Waals surface area contributed by atoms with Gasteiger partial charge in [-0.3, -0.25) is 0 Å². The number of rotatable bonds is 5. The molecule has 0 saturated heterocycles. The molecule has 304 valence electrons. The average molecular weight is 804 g/mol. The molecule has 1 aromatic heterocycles. The maximum Gasteiger partial charge on any atom is 0.139 e. The van der Waals surface area contributed by atoms with Crippen LogP contribution in [0.5, 0.6) is 0 Å². The molecule has 0 atom stereocenters. The Labute approximate surface area is 366 Å². The van der Waals surface area contributed by atoms with Crippen molar-refractivity contribution in [3.05, 3.63) is 220 Å². The largest absolute Gasteiger partial charge is 0.456 e. The van der Waals surface area contributed by atoms with E-state index in [1.807, 2.05) is 0 Å². The van der Waals surface area contributed by atoms with Crippen LogP contribution in [0.15, 0.2) is 180 Å². The molecule has 0 N–H and O–H groups in total. The lowest BCUT2D eigenvalue weighted by Gasteiger charge is -2.36. The molecule has 62 heavy (non-hydrogen) atoms. The molecule has 2 aliphatic rings. The Hall–Kier alpha value is -6.64. The summed E-state index contributed by atoms with van der Waals surface area (Å²) in [6.45, 7) is 18.6. The Balaban J connectivity index is 1.26. The number of benzene rings is 8. The van der Waals surface area contributed by atoms with Gasteiger partial charge >= 0.3 is 0 Å². The Bertz CT molecular complexity index is 3190. The van der Waals surface area contributed by atoms with Crippen LogP contribution in [0.3, 0.4) is 0 Å². The molecule has 0 fully saturated rings. The normalized spacial score (nSPS) is 14.7. The molecule has 0 radical (unpaired) electrons. The van der Waals surface area contributed by atoms with Crippen LogP contribution in [0.4, 0.5) is 17.1 Å². The Morgan fingerprint density at radius 3 is 1.68 bits per heavy atom. The number of nitrogens with zero attached hydrogens (tertiary/aromatic N) is 1. The van der Waals surface area contributed by atoms with E-state index in [2.05, 4.69) is 236 Å². The van der Waals surface area contributed by atoms with Crippen LogP contribution in [0.1, 0.15) is 99.9 Å². The number of hydrogen-bond donors (Lipinski definition) is 0. The van der Waals surface area contributed by atoms with Crippen molar-refractivity contribution in [2.24, 2.45) is 0 Å². The molecule has 9 aromatic rings. The molecule has 11 rings (SSSR count). The lowest BCUT2D eigenvalue weighted by Crippen LogP contribution is -2.29. The number of furan rings is 1. The summed E-state index contributed by atoms with van der Waals surface area (Å²) in [6.07, 6.45) is 0. The van der Waals surface area contributed by atoms with Gasteiger partial charge in [0.25, 0.3) is 0 Å². The van der Waals surface area contributed by atoms with Crippen molar-refractivity contribution in [2.75, 3.05) is 4.90 Å². The molecule has 0 saturated carbocycles. The quantitative estimate of drug-likeness (QED) is 0.172. The van der Waals surface area contributed by atoms with Crippen LogP contribution in [0.2, 0.25) is 0 Å². The minimum Gasteiger partial charge on any atom is -0.456 e. The highest BCUT2D eigenvalue weighted by Gasteiger charge is 2.46. The predicted molar refractivity (Wildman–Crippen MR) is 261 cm³/mol. The summed E-state index contributed by atoms with van der Waals surface area (Å²) in [5.74, 6) is 0. The van der Waals surface area contributed by atoms with Gasteiger partial charge in [0.2, 0.25) is 0 Å². The molecule has 0 unspecified atom stereocenters. The van der Waals surface area contributed by atoms with Crippen molar-refractivity contribution < 1.29 is 4.42 Å². The lowest BCUT2D eigenvalue weighted by atomic mass is 9.67. The summed E-state index contributed by atoms with van der Waals surface area (Å²) in [5.41, 5.74) is 19.8. The van der Waals surface area contributed by atoms with Gasteiger partial charge in [-0.1, -0.05) is 195 Å². The minimum absolute atomic E-state index is 0.0591. The van der Waals surface area contributed by atoms with Crippen molar-refractivity contribution in [1.82, 2.24) is 0 Å². The van der Waals surface area contributed by atoms with Gasteiger partial charge in [0.1, 0.15) is 11.2 Å². The Kier molecular flexibility index (Phi) is 8.29. The van der Waals surface area contributed by atoms with E-state index >= 15 is 0 Å². The van der Waals surface area contributed by atoms with Crippen LogP contribution in [-0.4, -0.2) is 0 Å². The summed E-state index contributed by atoms with van der Waals surface area (Å²) in [6, 6.07) is 65.9. The molecule has 1 heterocycles. The highest BCUT2D eigenvalue weighted by molar-refractivity contribution is 6.15. The molecule has 0 bridgehead atoms. The van der Waals surface area contributed by atoms with Crippen LogP contribution in [-0.2, 0) is 21.7 Å². The van der Waals surface area contributed by atoms with Crippen molar-refractivity contribution in [3.63, 3.8) is 0 Å². The van der Waals surface area contributed by atoms with Gasteiger partial charge in [-0.05, 0) is 108 Å². The van der Waals surface area contributed by atoms with Crippen LogP contribution in [0, 0.1) is 0 Å². The number of anilines is 3. The zero-order chi connectivity index (χ0) is 42.8. The third-order valence-electron chi connectivity index (χ3n) is 14.0. The second-order valence-electron chi connectivity index (χ2n) is 20.1. The van der Waals surface area contributed by atoms with E-state index in [1.165, 1.54) is 72.4 Å². The first-order valence-electron chi connectivity index (χ1n) is 22.2. The van der Waals surface area contributed by atoms with Gasteiger partial charge < -0.3 is 9.32 Å². The summed E-state index contributed by atoms with van der Waals surface area (Å²) in [5, 5.41) is 2.29. The van der Waals surface area contributed by atoms with Gasteiger partial charge in [0.15, 0.2) is 0 Å². The summed E-state index contributed by atoms with van der Waals surface area (Å²) < 4.78 is 7.05.